The van der Waals surface area contributed by atoms with Gasteiger partial charge in [0.05, 0.1) is 0 Å². The molecule has 0 spiro atoms. The fraction of sp³-hybridized carbons (Fsp3) is 0.667. The fourth-order valence-electron chi connectivity index (χ4n) is 3.00. The monoisotopic (exact) mass is 448 g/mol. The maximum atomic E-state index is 4.43. The first kappa shape index (κ1) is 23.3. The molecule has 2 radical (unpaired) electrons. The summed E-state index contributed by atoms with van der Waals surface area (Å²) in [6.45, 7) is 7.85. The molecule has 2 aliphatic carbocycles. The third-order valence-electron chi connectivity index (χ3n) is 4.07. The van der Waals surface area contributed by atoms with E-state index in [0.717, 1.165) is 49.9 Å². The molecule has 2 aliphatic rings. The predicted molar refractivity (Wildman–Crippen MR) is 82.2 cm³/mol. The van der Waals surface area contributed by atoms with E-state index in [4.69, 9.17) is 0 Å². The minimum absolute atomic E-state index is 0. The second kappa shape index (κ2) is 13.6. The van der Waals surface area contributed by atoms with Gasteiger partial charge in [-0.1, -0.05) is 25.7 Å². The van der Waals surface area contributed by atoms with Gasteiger partial charge in [-0.05, 0) is 12.8 Å². The molecule has 0 amide bonds. The molecular weight excluding hydrogens is 422 g/mol. The van der Waals surface area contributed by atoms with Crippen molar-refractivity contribution in [3.8, 4) is 0 Å². The maximum absolute atomic E-state index is 4.43. The fourth-order valence-corrected chi connectivity index (χ4v) is 3.00. The van der Waals surface area contributed by atoms with Gasteiger partial charge in [0.1, 0.15) is 0 Å². The predicted octanol–water partition coefficient (Wildman–Crippen LogP) is 5.64. The van der Waals surface area contributed by atoms with Gasteiger partial charge in [0.2, 0.25) is 0 Å². The van der Waals surface area contributed by atoms with Gasteiger partial charge < -0.3 is 26.0 Å². The molecule has 4 heteroatoms. The van der Waals surface area contributed by atoms with Crippen LogP contribution in [-0.4, -0.2) is 0 Å². The average molecular weight is 448 g/mol. The van der Waals surface area contributed by atoms with Crippen molar-refractivity contribution in [2.75, 3.05) is 0 Å². The SMILES string of the molecule is [CH2-]CC[C@H]1[C-]=C(N=NC2=[C-][C@@H](CC[CH2-])CCC2)CCC1.[Y].[Y]. The molecule has 0 aromatic heterocycles. The Morgan fingerprint density at radius 1 is 0.818 bits per heavy atom. The topological polar surface area (TPSA) is 24.7 Å². The molecule has 0 bridgehead atoms. The van der Waals surface area contributed by atoms with E-state index in [0.29, 0.717) is 11.8 Å². The van der Waals surface area contributed by atoms with E-state index in [1.807, 2.05) is 0 Å². The minimum atomic E-state index is 0. The standard InChI is InChI=1S/C18H26N2.2Y/c1-3-7-15-9-5-11-17(13-15)19-20-18-12-6-10-16(14-18)8-4-2;;/h15-16H,1-12H2;;/q-4;;/t15-,16+;;. The van der Waals surface area contributed by atoms with Gasteiger partial charge in [-0.15, -0.1) is 24.2 Å². The van der Waals surface area contributed by atoms with Crippen molar-refractivity contribution in [2.45, 2.75) is 64.2 Å². The number of azo groups is 1. The Hall–Kier alpha value is 1.29. The Bertz CT molecular complexity index is 353. The van der Waals surface area contributed by atoms with Gasteiger partial charge in [-0.2, -0.15) is 34.9 Å². The summed E-state index contributed by atoms with van der Waals surface area (Å²) in [6, 6.07) is 0. The molecule has 0 saturated heterocycles. The average Bonchev–Trinajstić information content (AvgIpc) is 2.47. The van der Waals surface area contributed by atoms with Gasteiger partial charge in [0, 0.05) is 65.4 Å². The molecule has 2 nitrogen and oxygen atoms in total. The van der Waals surface area contributed by atoms with Crippen LogP contribution in [0.15, 0.2) is 21.6 Å². The van der Waals surface area contributed by atoms with Crippen molar-refractivity contribution in [3.63, 3.8) is 0 Å². The zero-order valence-corrected chi connectivity index (χ0v) is 19.4. The van der Waals surface area contributed by atoms with E-state index in [-0.39, 0.29) is 65.4 Å². The van der Waals surface area contributed by atoms with Crippen LogP contribution < -0.4 is 0 Å². The summed E-state index contributed by atoms with van der Waals surface area (Å²) in [6.07, 6.45) is 18.1. The molecule has 0 aromatic carbocycles. The van der Waals surface area contributed by atoms with Crippen molar-refractivity contribution < 1.29 is 65.4 Å². The first-order valence-corrected chi connectivity index (χ1v) is 8.06. The van der Waals surface area contributed by atoms with Gasteiger partial charge in [-0.3, -0.25) is 0 Å². The van der Waals surface area contributed by atoms with Crippen LogP contribution in [0.5, 0.6) is 0 Å². The van der Waals surface area contributed by atoms with Crippen molar-refractivity contribution in [1.29, 1.82) is 0 Å². The van der Waals surface area contributed by atoms with E-state index in [1.54, 1.807) is 0 Å². The van der Waals surface area contributed by atoms with E-state index < -0.39 is 0 Å². The van der Waals surface area contributed by atoms with E-state index >= 15 is 0 Å². The first-order valence-electron chi connectivity index (χ1n) is 8.06. The molecule has 0 N–H and O–H groups in total. The summed E-state index contributed by atoms with van der Waals surface area (Å²) in [4.78, 5) is 0. The van der Waals surface area contributed by atoms with Crippen molar-refractivity contribution >= 4 is 0 Å². The van der Waals surface area contributed by atoms with Crippen LogP contribution in [0.2, 0.25) is 0 Å². The van der Waals surface area contributed by atoms with E-state index in [1.165, 1.54) is 25.7 Å². The van der Waals surface area contributed by atoms with Gasteiger partial charge in [-0.25, -0.2) is 0 Å². The first-order chi connectivity index (χ1) is 9.81. The van der Waals surface area contributed by atoms with Crippen molar-refractivity contribution in [2.24, 2.45) is 22.1 Å². The molecule has 0 saturated carbocycles. The van der Waals surface area contributed by atoms with Crippen LogP contribution in [0.4, 0.5) is 0 Å². The summed E-state index contributed by atoms with van der Waals surface area (Å²) in [5.74, 6) is 1.08. The molecular formula is C18H26N2Y2-4. The normalized spacial score (nSPS) is 25.0. The summed E-state index contributed by atoms with van der Waals surface area (Å²) in [7, 11) is 0. The summed E-state index contributed by atoms with van der Waals surface area (Å²) in [5.41, 5.74) is 2.09. The Kier molecular flexibility index (Phi) is 14.4. The van der Waals surface area contributed by atoms with Gasteiger partial charge in [0.25, 0.3) is 0 Å². The Balaban J connectivity index is 0.00000220. The summed E-state index contributed by atoms with van der Waals surface area (Å²) < 4.78 is 0. The molecule has 0 unspecified atom stereocenters. The van der Waals surface area contributed by atoms with Crippen LogP contribution >= 0.6 is 0 Å². The second-order valence-electron chi connectivity index (χ2n) is 5.84. The smallest absolute Gasteiger partial charge is 0 e. The molecule has 22 heavy (non-hydrogen) atoms. The maximum Gasteiger partial charge on any atom is 0 e. The number of hydrogen-bond donors (Lipinski definition) is 0. The van der Waals surface area contributed by atoms with Crippen LogP contribution in [0, 0.1) is 37.8 Å². The van der Waals surface area contributed by atoms with Crippen LogP contribution in [0.25, 0.3) is 0 Å². The van der Waals surface area contributed by atoms with Crippen LogP contribution in [0.1, 0.15) is 64.2 Å². The van der Waals surface area contributed by atoms with E-state index in [9.17, 15) is 0 Å². The minimum Gasteiger partial charge on any atom is -0.469 e. The number of rotatable bonds is 6. The van der Waals surface area contributed by atoms with Crippen molar-refractivity contribution in [1.82, 2.24) is 0 Å². The molecule has 2 atom stereocenters. The third kappa shape index (κ3) is 8.40. The Morgan fingerprint density at radius 3 is 1.59 bits per heavy atom. The van der Waals surface area contributed by atoms with Gasteiger partial charge in [0.15, 0.2) is 0 Å². The number of allylic oxidation sites excluding steroid dienone is 4. The quantitative estimate of drug-likeness (QED) is 0.372. The summed E-state index contributed by atoms with van der Waals surface area (Å²) >= 11 is 0. The number of hydrogen-bond acceptors (Lipinski definition) is 2. The largest absolute Gasteiger partial charge is 0.469 e. The second-order valence-corrected chi connectivity index (χ2v) is 5.84. The molecule has 0 fully saturated rings. The van der Waals surface area contributed by atoms with Crippen LogP contribution in [-0.2, 0) is 65.4 Å². The van der Waals surface area contributed by atoms with E-state index in [2.05, 4.69) is 36.2 Å². The molecule has 0 aliphatic heterocycles. The van der Waals surface area contributed by atoms with Gasteiger partial charge >= 0.3 is 0 Å². The number of nitrogens with zero attached hydrogens (tertiary/aromatic N) is 2. The molecule has 118 valence electrons. The third-order valence-corrected chi connectivity index (χ3v) is 4.07. The summed E-state index contributed by atoms with van der Waals surface area (Å²) in [5, 5.41) is 8.86. The molecule has 0 heterocycles. The van der Waals surface area contributed by atoms with Crippen molar-refractivity contribution in [3.05, 3.63) is 37.4 Å². The molecule has 0 aromatic rings. The van der Waals surface area contributed by atoms with Crippen LogP contribution in [0.3, 0.4) is 0 Å². The Morgan fingerprint density at radius 2 is 1.23 bits per heavy atom. The zero-order chi connectivity index (χ0) is 14.2. The Labute approximate surface area is 187 Å². The zero-order valence-electron chi connectivity index (χ0n) is 13.7. The molecule has 2 rings (SSSR count).